The Morgan fingerprint density at radius 1 is 1.56 bits per heavy atom. The normalized spacial score (nSPS) is 23.6. The number of H-pyrrole nitrogens is 1. The highest BCUT2D eigenvalue weighted by atomic mass is 16.2. The third-order valence-corrected chi connectivity index (χ3v) is 3.63. The van der Waals surface area contributed by atoms with E-state index < -0.39 is 0 Å². The van der Waals surface area contributed by atoms with Crippen molar-refractivity contribution in [3.05, 3.63) is 11.4 Å². The number of nitrogens with zero attached hydrogens (tertiary/aromatic N) is 2. The molecule has 18 heavy (non-hydrogen) atoms. The van der Waals surface area contributed by atoms with Gasteiger partial charge in [-0.2, -0.15) is 5.10 Å². The average Bonchev–Trinajstić information content (AvgIpc) is 2.83. The topological polar surface area (TPSA) is 75.0 Å². The molecule has 100 valence electrons. The lowest BCUT2D eigenvalue weighted by Gasteiger charge is -2.20. The number of nitrogens with one attached hydrogen (secondary N) is 1. The highest BCUT2D eigenvalue weighted by Gasteiger charge is 2.32. The van der Waals surface area contributed by atoms with Crippen molar-refractivity contribution in [3.63, 3.8) is 0 Å². The minimum atomic E-state index is -0.0389. The van der Waals surface area contributed by atoms with Crippen LogP contribution in [0.2, 0.25) is 0 Å². The van der Waals surface area contributed by atoms with Gasteiger partial charge in [0, 0.05) is 12.6 Å². The van der Waals surface area contributed by atoms with Crippen LogP contribution in [0.3, 0.4) is 0 Å². The summed E-state index contributed by atoms with van der Waals surface area (Å²) in [7, 11) is 0. The van der Waals surface area contributed by atoms with Gasteiger partial charge in [-0.3, -0.25) is 9.89 Å². The predicted molar refractivity (Wildman–Crippen MR) is 71.3 cm³/mol. The van der Waals surface area contributed by atoms with Crippen molar-refractivity contribution in [1.29, 1.82) is 0 Å². The van der Waals surface area contributed by atoms with E-state index in [1.54, 1.807) is 0 Å². The lowest BCUT2D eigenvalue weighted by Crippen LogP contribution is -2.34. The SMILES string of the molecule is CCCc1[nH]nc(C(=O)N2CC(C)CC2C)c1N. The fourth-order valence-corrected chi connectivity index (χ4v) is 2.71. The number of aryl methyl sites for hydroxylation is 1. The molecule has 3 N–H and O–H groups in total. The first kappa shape index (κ1) is 12.9. The van der Waals surface area contributed by atoms with E-state index in [9.17, 15) is 4.79 Å². The summed E-state index contributed by atoms with van der Waals surface area (Å²) in [5.74, 6) is 0.516. The second-order valence-electron chi connectivity index (χ2n) is 5.36. The van der Waals surface area contributed by atoms with Gasteiger partial charge in [-0.05, 0) is 25.7 Å². The molecular weight excluding hydrogens is 228 g/mol. The number of hydrogen-bond acceptors (Lipinski definition) is 3. The van der Waals surface area contributed by atoms with Crippen LogP contribution in [0.5, 0.6) is 0 Å². The Kier molecular flexibility index (Phi) is 3.59. The van der Waals surface area contributed by atoms with E-state index in [0.29, 0.717) is 17.3 Å². The molecule has 0 saturated carbocycles. The van der Waals surface area contributed by atoms with Crippen molar-refractivity contribution >= 4 is 11.6 Å². The second kappa shape index (κ2) is 5.00. The molecule has 5 heteroatoms. The molecule has 0 spiro atoms. The summed E-state index contributed by atoms with van der Waals surface area (Å²) >= 11 is 0. The van der Waals surface area contributed by atoms with E-state index in [1.165, 1.54) is 0 Å². The van der Waals surface area contributed by atoms with Gasteiger partial charge in [-0.25, -0.2) is 0 Å². The molecule has 1 aromatic rings. The fourth-order valence-electron chi connectivity index (χ4n) is 2.71. The zero-order chi connectivity index (χ0) is 13.3. The Morgan fingerprint density at radius 3 is 2.83 bits per heavy atom. The first-order valence-corrected chi connectivity index (χ1v) is 6.68. The van der Waals surface area contributed by atoms with Gasteiger partial charge in [0.2, 0.25) is 0 Å². The molecule has 2 rings (SSSR count). The highest BCUT2D eigenvalue weighted by Crippen LogP contribution is 2.26. The van der Waals surface area contributed by atoms with E-state index in [0.717, 1.165) is 31.5 Å². The van der Waals surface area contributed by atoms with Gasteiger partial charge in [-0.15, -0.1) is 0 Å². The molecular formula is C13H22N4O. The zero-order valence-corrected chi connectivity index (χ0v) is 11.4. The van der Waals surface area contributed by atoms with E-state index in [2.05, 4.69) is 31.0 Å². The number of nitrogens with two attached hydrogens (primary N) is 1. The van der Waals surface area contributed by atoms with E-state index in [1.807, 2.05) is 4.90 Å². The third-order valence-electron chi connectivity index (χ3n) is 3.63. The van der Waals surface area contributed by atoms with Gasteiger partial charge >= 0.3 is 0 Å². The molecule has 0 aromatic carbocycles. The summed E-state index contributed by atoms with van der Waals surface area (Å²) < 4.78 is 0. The third kappa shape index (κ3) is 2.21. The van der Waals surface area contributed by atoms with Crippen LogP contribution in [0.25, 0.3) is 0 Å². The van der Waals surface area contributed by atoms with E-state index >= 15 is 0 Å². The first-order chi connectivity index (χ1) is 8.54. The summed E-state index contributed by atoms with van der Waals surface area (Å²) in [6.45, 7) is 7.12. The molecule has 0 radical (unpaired) electrons. The van der Waals surface area contributed by atoms with E-state index in [-0.39, 0.29) is 11.9 Å². The van der Waals surface area contributed by atoms with Crippen LogP contribution in [-0.4, -0.2) is 33.6 Å². The van der Waals surface area contributed by atoms with Crippen molar-refractivity contribution < 1.29 is 4.79 Å². The molecule has 2 atom stereocenters. The molecule has 2 heterocycles. The van der Waals surface area contributed by atoms with Crippen LogP contribution in [0.1, 0.15) is 49.8 Å². The van der Waals surface area contributed by atoms with Crippen molar-refractivity contribution in [1.82, 2.24) is 15.1 Å². The molecule has 1 aliphatic heterocycles. The average molecular weight is 250 g/mol. The van der Waals surface area contributed by atoms with Crippen molar-refractivity contribution in [2.45, 2.75) is 46.1 Å². The Morgan fingerprint density at radius 2 is 2.28 bits per heavy atom. The molecule has 1 fully saturated rings. The maximum Gasteiger partial charge on any atom is 0.276 e. The van der Waals surface area contributed by atoms with Gasteiger partial charge in [0.15, 0.2) is 5.69 Å². The number of carbonyl (C=O) groups excluding carboxylic acids is 1. The zero-order valence-electron chi connectivity index (χ0n) is 11.4. The number of likely N-dealkylation sites (tertiary alicyclic amines) is 1. The standard InChI is InChI=1S/C13H22N4O/c1-4-5-10-11(14)12(16-15-10)13(18)17-7-8(2)6-9(17)3/h8-9H,4-7,14H2,1-3H3,(H,15,16). The van der Waals surface area contributed by atoms with Gasteiger partial charge in [0.1, 0.15) is 0 Å². The summed E-state index contributed by atoms with van der Waals surface area (Å²) in [5, 5.41) is 6.98. The molecule has 1 aliphatic rings. The first-order valence-electron chi connectivity index (χ1n) is 6.68. The maximum atomic E-state index is 12.4. The second-order valence-corrected chi connectivity index (χ2v) is 5.36. The Balaban J connectivity index is 2.19. The number of rotatable bonds is 3. The molecule has 1 amide bonds. The lowest BCUT2D eigenvalue weighted by atomic mass is 10.1. The smallest absolute Gasteiger partial charge is 0.276 e. The van der Waals surface area contributed by atoms with Crippen molar-refractivity contribution in [3.8, 4) is 0 Å². The number of nitrogen functional groups attached to an aromatic ring is 1. The quantitative estimate of drug-likeness (QED) is 0.859. The maximum absolute atomic E-state index is 12.4. The van der Waals surface area contributed by atoms with Gasteiger partial charge in [0.25, 0.3) is 5.91 Å². The van der Waals surface area contributed by atoms with Gasteiger partial charge in [0.05, 0.1) is 11.4 Å². The number of aromatic nitrogens is 2. The van der Waals surface area contributed by atoms with Crippen LogP contribution in [0.15, 0.2) is 0 Å². The number of carbonyl (C=O) groups is 1. The number of aromatic amines is 1. The molecule has 2 unspecified atom stereocenters. The van der Waals surface area contributed by atoms with Crippen LogP contribution in [-0.2, 0) is 6.42 Å². The monoisotopic (exact) mass is 250 g/mol. The van der Waals surface area contributed by atoms with Crippen LogP contribution >= 0.6 is 0 Å². The number of hydrogen-bond donors (Lipinski definition) is 2. The van der Waals surface area contributed by atoms with Crippen LogP contribution in [0.4, 0.5) is 5.69 Å². The van der Waals surface area contributed by atoms with Crippen molar-refractivity contribution in [2.75, 3.05) is 12.3 Å². The number of amides is 1. The van der Waals surface area contributed by atoms with Crippen molar-refractivity contribution in [2.24, 2.45) is 5.92 Å². The minimum Gasteiger partial charge on any atom is -0.395 e. The Hall–Kier alpha value is -1.52. The Bertz CT molecular complexity index is 440. The summed E-state index contributed by atoms with van der Waals surface area (Å²) in [4.78, 5) is 14.3. The molecule has 1 saturated heterocycles. The van der Waals surface area contributed by atoms with Gasteiger partial charge < -0.3 is 10.6 Å². The van der Waals surface area contributed by atoms with Crippen LogP contribution in [0, 0.1) is 5.92 Å². The molecule has 5 nitrogen and oxygen atoms in total. The van der Waals surface area contributed by atoms with E-state index in [4.69, 9.17) is 5.73 Å². The molecule has 1 aromatic heterocycles. The summed E-state index contributed by atoms with van der Waals surface area (Å²) in [6, 6.07) is 0.276. The lowest BCUT2D eigenvalue weighted by molar-refractivity contribution is 0.0739. The summed E-state index contributed by atoms with van der Waals surface area (Å²) in [5.41, 5.74) is 7.78. The molecule has 0 bridgehead atoms. The number of anilines is 1. The highest BCUT2D eigenvalue weighted by molar-refractivity contribution is 5.98. The van der Waals surface area contributed by atoms with Gasteiger partial charge in [-0.1, -0.05) is 20.3 Å². The fraction of sp³-hybridized carbons (Fsp3) is 0.692. The summed E-state index contributed by atoms with van der Waals surface area (Å²) in [6.07, 6.45) is 2.87. The Labute approximate surface area is 108 Å². The minimum absolute atomic E-state index is 0.0389. The largest absolute Gasteiger partial charge is 0.395 e. The molecule has 0 aliphatic carbocycles. The predicted octanol–water partition coefficient (Wildman–Crippen LogP) is 1.81. The van der Waals surface area contributed by atoms with Crippen LogP contribution < -0.4 is 5.73 Å².